The molecule has 5 heteroatoms. The Kier molecular flexibility index (Phi) is 3.69. The van der Waals surface area contributed by atoms with Crippen molar-refractivity contribution >= 4 is 11.3 Å². The van der Waals surface area contributed by atoms with Crippen LogP contribution >= 0.6 is 11.3 Å². The van der Waals surface area contributed by atoms with Crippen molar-refractivity contribution in [2.45, 2.75) is 32.9 Å². The smallest absolute Gasteiger partial charge is 0.0794 e. The van der Waals surface area contributed by atoms with E-state index < -0.39 is 0 Å². The van der Waals surface area contributed by atoms with Gasteiger partial charge in [0, 0.05) is 35.8 Å². The summed E-state index contributed by atoms with van der Waals surface area (Å²) in [5, 5.41) is 10.6. The molecule has 0 aliphatic heterocycles. The van der Waals surface area contributed by atoms with E-state index >= 15 is 0 Å². The van der Waals surface area contributed by atoms with Gasteiger partial charge in [0.2, 0.25) is 0 Å². The van der Waals surface area contributed by atoms with Gasteiger partial charge in [-0.25, -0.2) is 0 Å². The van der Waals surface area contributed by atoms with Crippen LogP contribution in [0.2, 0.25) is 0 Å². The van der Waals surface area contributed by atoms with Crippen LogP contribution in [0.25, 0.3) is 0 Å². The Labute approximate surface area is 99.1 Å². The van der Waals surface area contributed by atoms with E-state index in [0.29, 0.717) is 6.04 Å². The van der Waals surface area contributed by atoms with E-state index in [9.17, 15) is 0 Å². The highest BCUT2D eigenvalue weighted by atomic mass is 32.1. The van der Waals surface area contributed by atoms with Gasteiger partial charge in [0.25, 0.3) is 0 Å². The summed E-state index contributed by atoms with van der Waals surface area (Å²) in [5.41, 5.74) is 4.09. The fourth-order valence-corrected chi connectivity index (χ4v) is 2.11. The normalized spacial score (nSPS) is 12.9. The fourth-order valence-electron chi connectivity index (χ4n) is 1.57. The van der Waals surface area contributed by atoms with Gasteiger partial charge < -0.3 is 5.32 Å². The highest BCUT2D eigenvalue weighted by molar-refractivity contribution is 7.09. The molecule has 2 heterocycles. The Bertz CT molecular complexity index is 421. The first-order chi connectivity index (χ1) is 7.74. The van der Waals surface area contributed by atoms with Gasteiger partial charge in [0.15, 0.2) is 0 Å². The van der Waals surface area contributed by atoms with Crippen LogP contribution in [0.1, 0.15) is 23.2 Å². The van der Waals surface area contributed by atoms with E-state index in [1.54, 1.807) is 11.3 Å². The summed E-state index contributed by atoms with van der Waals surface area (Å²) >= 11 is 1.68. The summed E-state index contributed by atoms with van der Waals surface area (Å²) in [4.78, 5) is 5.32. The first-order valence-electron chi connectivity index (χ1n) is 5.35. The molecule has 2 N–H and O–H groups in total. The van der Waals surface area contributed by atoms with Gasteiger partial charge in [-0.15, -0.1) is 11.3 Å². The van der Waals surface area contributed by atoms with E-state index in [4.69, 9.17) is 0 Å². The Morgan fingerprint density at radius 1 is 1.56 bits per heavy atom. The largest absolute Gasteiger partial charge is 0.309 e. The molecule has 4 nitrogen and oxygen atoms in total. The van der Waals surface area contributed by atoms with Crippen molar-refractivity contribution in [1.82, 2.24) is 20.5 Å². The van der Waals surface area contributed by atoms with Gasteiger partial charge in [-0.1, -0.05) is 0 Å². The molecule has 0 spiro atoms. The summed E-state index contributed by atoms with van der Waals surface area (Å²) in [6, 6.07) is 2.51. The molecule has 86 valence electrons. The second-order valence-corrected chi connectivity index (χ2v) is 4.97. The minimum absolute atomic E-state index is 0.421. The van der Waals surface area contributed by atoms with Crippen LogP contribution in [-0.4, -0.2) is 21.2 Å². The van der Waals surface area contributed by atoms with Crippen molar-refractivity contribution in [2.24, 2.45) is 0 Å². The monoisotopic (exact) mass is 236 g/mol. The average Bonchev–Trinajstić information content (AvgIpc) is 2.87. The molecular weight excluding hydrogens is 220 g/mol. The van der Waals surface area contributed by atoms with Gasteiger partial charge in [0.1, 0.15) is 0 Å². The average molecular weight is 236 g/mol. The van der Waals surface area contributed by atoms with Crippen LogP contribution in [0.15, 0.2) is 17.8 Å². The predicted molar refractivity (Wildman–Crippen MR) is 65.4 cm³/mol. The molecule has 0 fully saturated rings. The van der Waals surface area contributed by atoms with E-state index in [2.05, 4.69) is 33.5 Å². The second kappa shape index (κ2) is 5.23. The maximum Gasteiger partial charge on any atom is 0.0794 e. The Morgan fingerprint density at radius 3 is 3.06 bits per heavy atom. The lowest BCUT2D eigenvalue weighted by molar-refractivity contribution is 0.542. The number of aromatic nitrogens is 3. The van der Waals surface area contributed by atoms with E-state index in [-0.39, 0.29) is 0 Å². The van der Waals surface area contributed by atoms with Gasteiger partial charge in [-0.05, 0) is 19.9 Å². The van der Waals surface area contributed by atoms with Gasteiger partial charge >= 0.3 is 0 Å². The molecule has 0 aromatic carbocycles. The topological polar surface area (TPSA) is 53.6 Å². The Balaban J connectivity index is 1.78. The maximum absolute atomic E-state index is 4.23. The number of nitrogens with zero attached hydrogens (tertiary/aromatic N) is 2. The van der Waals surface area contributed by atoms with Crippen molar-refractivity contribution in [2.75, 3.05) is 0 Å². The predicted octanol–water partition coefficient (Wildman–Crippen LogP) is 1.90. The van der Waals surface area contributed by atoms with E-state index in [1.165, 1.54) is 4.88 Å². The van der Waals surface area contributed by atoms with E-state index in [1.807, 2.05) is 18.6 Å². The molecule has 0 aliphatic carbocycles. The molecular formula is C11H16N4S. The Morgan fingerprint density at radius 2 is 2.44 bits per heavy atom. The molecule has 0 amide bonds. The molecule has 2 aromatic rings. The van der Waals surface area contributed by atoms with Crippen LogP contribution in [0.4, 0.5) is 0 Å². The van der Waals surface area contributed by atoms with Crippen molar-refractivity contribution in [3.63, 3.8) is 0 Å². The lowest BCUT2D eigenvalue weighted by atomic mass is 10.2. The third-order valence-corrected chi connectivity index (χ3v) is 3.16. The zero-order valence-electron chi connectivity index (χ0n) is 9.53. The standard InChI is InChI=1S/C11H16N4S/c1-8(3-10-4-9(2)14-15-10)13-6-11-5-12-7-16-11/h4-5,7-8,13H,3,6H2,1-2H3,(H,14,15). The van der Waals surface area contributed by atoms with Crippen molar-refractivity contribution < 1.29 is 0 Å². The van der Waals surface area contributed by atoms with Crippen LogP contribution in [-0.2, 0) is 13.0 Å². The van der Waals surface area contributed by atoms with Crippen LogP contribution < -0.4 is 5.32 Å². The minimum Gasteiger partial charge on any atom is -0.309 e. The molecule has 0 aliphatic rings. The first-order valence-corrected chi connectivity index (χ1v) is 6.23. The SMILES string of the molecule is Cc1cc(CC(C)NCc2cncs2)n[nH]1. The number of hydrogen-bond acceptors (Lipinski definition) is 4. The summed E-state index contributed by atoms with van der Waals surface area (Å²) < 4.78 is 0. The second-order valence-electron chi connectivity index (χ2n) is 4.00. The molecule has 2 rings (SSSR count). The quantitative estimate of drug-likeness (QED) is 0.833. The Hall–Kier alpha value is -1.20. The number of aromatic amines is 1. The highest BCUT2D eigenvalue weighted by Crippen LogP contribution is 2.06. The number of H-pyrrole nitrogens is 1. The third-order valence-electron chi connectivity index (χ3n) is 2.38. The van der Waals surface area contributed by atoms with Crippen LogP contribution in [0.5, 0.6) is 0 Å². The molecule has 0 radical (unpaired) electrons. The van der Waals surface area contributed by atoms with E-state index in [0.717, 1.165) is 24.4 Å². The van der Waals surface area contributed by atoms with Crippen molar-refractivity contribution in [1.29, 1.82) is 0 Å². The van der Waals surface area contributed by atoms with Crippen LogP contribution in [0, 0.1) is 6.92 Å². The zero-order chi connectivity index (χ0) is 11.4. The zero-order valence-corrected chi connectivity index (χ0v) is 10.3. The molecule has 0 saturated carbocycles. The first kappa shape index (κ1) is 11.3. The molecule has 2 aromatic heterocycles. The van der Waals surface area contributed by atoms with Gasteiger partial charge in [-0.3, -0.25) is 10.1 Å². The number of rotatable bonds is 5. The molecule has 16 heavy (non-hydrogen) atoms. The van der Waals surface area contributed by atoms with Crippen molar-refractivity contribution in [3.8, 4) is 0 Å². The molecule has 0 saturated heterocycles. The highest BCUT2D eigenvalue weighted by Gasteiger charge is 2.06. The van der Waals surface area contributed by atoms with Crippen LogP contribution in [0.3, 0.4) is 0 Å². The number of nitrogens with one attached hydrogen (secondary N) is 2. The minimum atomic E-state index is 0.421. The number of thiazole rings is 1. The molecule has 1 atom stereocenters. The number of hydrogen-bond donors (Lipinski definition) is 2. The summed E-state index contributed by atoms with van der Waals surface area (Å²) in [6.45, 7) is 5.08. The summed E-state index contributed by atoms with van der Waals surface area (Å²) in [7, 11) is 0. The van der Waals surface area contributed by atoms with Crippen molar-refractivity contribution in [3.05, 3.63) is 34.0 Å². The molecule has 0 bridgehead atoms. The maximum atomic E-state index is 4.23. The lowest BCUT2D eigenvalue weighted by Crippen LogP contribution is -2.27. The lowest BCUT2D eigenvalue weighted by Gasteiger charge is -2.10. The third kappa shape index (κ3) is 3.15. The molecule has 1 unspecified atom stereocenters. The number of aryl methyl sites for hydroxylation is 1. The summed E-state index contributed by atoms with van der Waals surface area (Å²) in [5.74, 6) is 0. The van der Waals surface area contributed by atoms with Gasteiger partial charge in [0.05, 0.1) is 11.2 Å². The fraction of sp³-hybridized carbons (Fsp3) is 0.455. The van der Waals surface area contributed by atoms with Gasteiger partial charge in [-0.2, -0.15) is 5.10 Å². The summed E-state index contributed by atoms with van der Waals surface area (Å²) in [6.07, 6.45) is 2.85.